The van der Waals surface area contributed by atoms with Gasteiger partial charge in [-0.15, -0.1) is 0 Å². The van der Waals surface area contributed by atoms with Gasteiger partial charge in [0.05, 0.1) is 0 Å². The number of rotatable bonds is 4. The Morgan fingerprint density at radius 2 is 1.75 bits per heavy atom. The van der Waals surface area contributed by atoms with Crippen molar-refractivity contribution in [2.24, 2.45) is 5.92 Å². The van der Waals surface area contributed by atoms with Crippen LogP contribution in [0.2, 0.25) is 0 Å². The van der Waals surface area contributed by atoms with Crippen molar-refractivity contribution < 1.29 is 8.78 Å². The van der Waals surface area contributed by atoms with Crippen LogP contribution in [0, 0.1) is 17.6 Å². The predicted octanol–water partition coefficient (Wildman–Crippen LogP) is 3.72. The summed E-state index contributed by atoms with van der Waals surface area (Å²) in [6, 6.07) is 2.52. The number of halogens is 3. The summed E-state index contributed by atoms with van der Waals surface area (Å²) in [5.74, 6) is -0.528. The van der Waals surface area contributed by atoms with Crippen LogP contribution < -0.4 is 5.32 Å². The highest BCUT2D eigenvalue weighted by Crippen LogP contribution is 2.33. The van der Waals surface area contributed by atoms with Crippen LogP contribution in [0.3, 0.4) is 0 Å². The van der Waals surface area contributed by atoms with E-state index in [9.17, 15) is 8.78 Å². The molecule has 0 unspecified atom stereocenters. The number of hydrogen-bond acceptors (Lipinski definition) is 2. The Morgan fingerprint density at radius 3 is 2.25 bits per heavy atom. The van der Waals surface area contributed by atoms with Gasteiger partial charge >= 0.3 is 0 Å². The summed E-state index contributed by atoms with van der Waals surface area (Å²) in [6.07, 6.45) is 0.759. The summed E-state index contributed by atoms with van der Waals surface area (Å²) in [6.45, 7) is 7.56. The van der Waals surface area contributed by atoms with Gasteiger partial charge in [-0.3, -0.25) is 4.90 Å². The van der Waals surface area contributed by atoms with Crippen LogP contribution in [-0.4, -0.2) is 31.1 Å². The van der Waals surface area contributed by atoms with Gasteiger partial charge < -0.3 is 5.32 Å². The van der Waals surface area contributed by atoms with Crippen molar-refractivity contribution in [3.8, 4) is 0 Å². The fraction of sp³-hybridized carbons (Fsp3) is 0.600. The molecule has 1 atom stereocenters. The van der Waals surface area contributed by atoms with E-state index in [1.54, 1.807) is 0 Å². The lowest BCUT2D eigenvalue weighted by molar-refractivity contribution is 0.147. The molecular weight excluding hydrogens is 326 g/mol. The minimum absolute atomic E-state index is 0.190. The third kappa shape index (κ3) is 3.77. The molecule has 0 spiro atoms. The normalized spacial score (nSPS) is 18.5. The third-order valence-electron chi connectivity index (χ3n) is 3.66. The van der Waals surface area contributed by atoms with Crippen LogP contribution in [0.4, 0.5) is 8.78 Å². The summed E-state index contributed by atoms with van der Waals surface area (Å²) in [5.41, 5.74) is 0.212. The summed E-state index contributed by atoms with van der Waals surface area (Å²) in [4.78, 5) is 2.19. The molecule has 112 valence electrons. The minimum Gasteiger partial charge on any atom is -0.314 e. The standard InChI is InChI=1S/C15H21BrF2N2/c1-10(2)7-14(20-5-3-19-4-6-20)15-12(17)8-11(16)9-13(15)18/h8-10,14,19H,3-7H2,1-2H3/t14-/m1/s1. The van der Waals surface area contributed by atoms with Crippen molar-refractivity contribution >= 4 is 15.9 Å². The molecule has 0 bridgehead atoms. The molecule has 1 aliphatic heterocycles. The minimum atomic E-state index is -0.457. The number of benzene rings is 1. The van der Waals surface area contributed by atoms with Gasteiger partial charge in [-0.25, -0.2) is 8.78 Å². The maximum absolute atomic E-state index is 14.3. The lowest BCUT2D eigenvalue weighted by Gasteiger charge is -2.36. The first-order valence-corrected chi connectivity index (χ1v) is 7.87. The molecule has 0 aliphatic carbocycles. The molecule has 0 aromatic heterocycles. The zero-order valence-corrected chi connectivity index (χ0v) is 13.5. The number of hydrogen-bond donors (Lipinski definition) is 1. The Morgan fingerprint density at radius 1 is 1.20 bits per heavy atom. The zero-order valence-electron chi connectivity index (χ0n) is 11.9. The van der Waals surface area contributed by atoms with Gasteiger partial charge in [0.25, 0.3) is 0 Å². The number of piperazine rings is 1. The van der Waals surface area contributed by atoms with Crippen molar-refractivity contribution in [2.75, 3.05) is 26.2 Å². The molecule has 0 saturated carbocycles. The first-order valence-electron chi connectivity index (χ1n) is 7.08. The number of nitrogens with zero attached hydrogens (tertiary/aromatic N) is 1. The monoisotopic (exact) mass is 346 g/mol. The van der Waals surface area contributed by atoms with Gasteiger partial charge in [0.2, 0.25) is 0 Å². The molecule has 1 heterocycles. The Kier molecular flexibility index (Phi) is 5.52. The topological polar surface area (TPSA) is 15.3 Å². The number of nitrogens with one attached hydrogen (secondary N) is 1. The third-order valence-corrected chi connectivity index (χ3v) is 4.12. The summed E-state index contributed by atoms with van der Waals surface area (Å²) >= 11 is 3.14. The molecule has 2 rings (SSSR count). The summed E-state index contributed by atoms with van der Waals surface area (Å²) < 4.78 is 29.0. The molecular formula is C15H21BrF2N2. The summed E-state index contributed by atoms with van der Waals surface area (Å²) in [7, 11) is 0. The fourth-order valence-electron chi connectivity index (χ4n) is 2.76. The van der Waals surface area contributed by atoms with Crippen molar-refractivity contribution in [1.82, 2.24) is 10.2 Å². The molecule has 20 heavy (non-hydrogen) atoms. The Balaban J connectivity index is 2.35. The maximum atomic E-state index is 14.3. The van der Waals surface area contributed by atoms with Crippen LogP contribution in [0.1, 0.15) is 31.9 Å². The van der Waals surface area contributed by atoms with Crippen molar-refractivity contribution in [3.05, 3.63) is 33.8 Å². The highest BCUT2D eigenvalue weighted by atomic mass is 79.9. The van der Waals surface area contributed by atoms with Gasteiger partial charge in [-0.05, 0) is 24.5 Å². The SMILES string of the molecule is CC(C)C[C@H](c1c(F)cc(Br)cc1F)N1CCNCC1. The highest BCUT2D eigenvalue weighted by molar-refractivity contribution is 9.10. The molecule has 1 aromatic rings. The molecule has 2 nitrogen and oxygen atoms in total. The van der Waals surface area contributed by atoms with E-state index in [1.165, 1.54) is 12.1 Å². The van der Waals surface area contributed by atoms with Crippen molar-refractivity contribution in [1.29, 1.82) is 0 Å². The summed E-state index contributed by atoms with van der Waals surface area (Å²) in [5, 5.41) is 3.28. The molecule has 0 amide bonds. The van der Waals surface area contributed by atoms with Crippen LogP contribution >= 0.6 is 15.9 Å². The average Bonchev–Trinajstić information content (AvgIpc) is 2.37. The molecule has 1 aliphatic rings. The first-order chi connectivity index (χ1) is 9.49. The van der Waals surface area contributed by atoms with E-state index in [2.05, 4.69) is 40.0 Å². The molecule has 1 saturated heterocycles. The Hall–Kier alpha value is -0.520. The lowest BCUT2D eigenvalue weighted by Crippen LogP contribution is -2.45. The lowest BCUT2D eigenvalue weighted by atomic mass is 9.94. The van der Waals surface area contributed by atoms with E-state index < -0.39 is 11.6 Å². The zero-order chi connectivity index (χ0) is 14.7. The quantitative estimate of drug-likeness (QED) is 0.893. The van der Waals surface area contributed by atoms with E-state index in [-0.39, 0.29) is 11.6 Å². The first kappa shape index (κ1) is 15.9. The van der Waals surface area contributed by atoms with Crippen LogP contribution in [0.25, 0.3) is 0 Å². The van der Waals surface area contributed by atoms with E-state index in [1.807, 2.05) is 0 Å². The van der Waals surface area contributed by atoms with E-state index in [0.717, 1.165) is 32.6 Å². The van der Waals surface area contributed by atoms with Crippen molar-refractivity contribution in [2.45, 2.75) is 26.3 Å². The molecule has 5 heteroatoms. The predicted molar refractivity (Wildman–Crippen MR) is 80.7 cm³/mol. The Labute approximate surface area is 127 Å². The van der Waals surface area contributed by atoms with E-state index in [4.69, 9.17) is 0 Å². The van der Waals surface area contributed by atoms with Gasteiger partial charge in [-0.1, -0.05) is 29.8 Å². The smallest absolute Gasteiger partial charge is 0.132 e. The van der Waals surface area contributed by atoms with E-state index in [0.29, 0.717) is 10.4 Å². The largest absolute Gasteiger partial charge is 0.314 e. The van der Waals surface area contributed by atoms with Crippen LogP contribution in [0.5, 0.6) is 0 Å². The molecule has 1 N–H and O–H groups in total. The van der Waals surface area contributed by atoms with Crippen LogP contribution in [-0.2, 0) is 0 Å². The molecule has 1 aromatic carbocycles. The second kappa shape index (κ2) is 6.96. The van der Waals surface area contributed by atoms with Gasteiger partial charge in [0.15, 0.2) is 0 Å². The van der Waals surface area contributed by atoms with Crippen molar-refractivity contribution in [3.63, 3.8) is 0 Å². The second-order valence-electron chi connectivity index (χ2n) is 5.71. The van der Waals surface area contributed by atoms with Gasteiger partial charge in [0.1, 0.15) is 11.6 Å². The van der Waals surface area contributed by atoms with E-state index >= 15 is 0 Å². The highest BCUT2D eigenvalue weighted by Gasteiger charge is 2.28. The molecule has 1 fully saturated rings. The second-order valence-corrected chi connectivity index (χ2v) is 6.63. The maximum Gasteiger partial charge on any atom is 0.132 e. The molecule has 0 radical (unpaired) electrons. The fourth-order valence-corrected chi connectivity index (χ4v) is 3.16. The Bertz CT molecular complexity index is 436. The van der Waals surface area contributed by atoms with Gasteiger partial charge in [0, 0.05) is 42.3 Å². The van der Waals surface area contributed by atoms with Crippen LogP contribution in [0.15, 0.2) is 16.6 Å². The van der Waals surface area contributed by atoms with Gasteiger partial charge in [-0.2, -0.15) is 0 Å². The average molecular weight is 347 g/mol.